The Morgan fingerprint density at radius 2 is 1.78 bits per heavy atom. The Hall–Kier alpha value is -0.120. The van der Waals surface area contributed by atoms with Crippen LogP contribution < -0.4 is 5.32 Å². The van der Waals surface area contributed by atoms with Crippen LogP contribution in [0.5, 0.6) is 0 Å². The molecule has 2 N–H and O–H groups in total. The number of hydrogen-bond acceptors (Lipinski definition) is 3. The molecular formula is C15H34N2O. The second-order valence-electron chi connectivity index (χ2n) is 5.82. The standard InChI is InChI=1S/C15H34N2O/c1-6-15(7-2,12-16-11-14(4)5)13-17(8-3)9-10-18/h14,16,18H,6-13H2,1-5H3. The van der Waals surface area contributed by atoms with Crippen LogP contribution in [0.15, 0.2) is 0 Å². The summed E-state index contributed by atoms with van der Waals surface area (Å²) in [5.41, 5.74) is 0.347. The van der Waals surface area contributed by atoms with Gasteiger partial charge in [0.25, 0.3) is 0 Å². The monoisotopic (exact) mass is 258 g/mol. The minimum absolute atomic E-state index is 0.261. The number of nitrogens with zero attached hydrogens (tertiary/aromatic N) is 1. The first-order chi connectivity index (χ1) is 8.53. The number of likely N-dealkylation sites (N-methyl/N-ethyl adjacent to an activating group) is 1. The third-order valence-electron chi connectivity index (χ3n) is 3.98. The van der Waals surface area contributed by atoms with Gasteiger partial charge >= 0.3 is 0 Å². The average Bonchev–Trinajstić information content (AvgIpc) is 2.36. The van der Waals surface area contributed by atoms with E-state index in [4.69, 9.17) is 5.11 Å². The van der Waals surface area contributed by atoms with E-state index >= 15 is 0 Å². The Bertz CT molecular complexity index is 191. The van der Waals surface area contributed by atoms with Crippen molar-refractivity contribution in [1.29, 1.82) is 0 Å². The topological polar surface area (TPSA) is 35.5 Å². The van der Waals surface area contributed by atoms with Crippen molar-refractivity contribution < 1.29 is 5.11 Å². The second kappa shape index (κ2) is 9.76. The van der Waals surface area contributed by atoms with Crippen molar-refractivity contribution in [1.82, 2.24) is 10.2 Å². The normalized spacial score (nSPS) is 12.7. The quantitative estimate of drug-likeness (QED) is 0.597. The molecule has 0 spiro atoms. The van der Waals surface area contributed by atoms with Gasteiger partial charge in [0.15, 0.2) is 0 Å². The molecule has 0 unspecified atom stereocenters. The fourth-order valence-electron chi connectivity index (χ4n) is 2.37. The van der Waals surface area contributed by atoms with Crippen LogP contribution in [-0.4, -0.2) is 49.3 Å². The molecule has 0 rings (SSSR count). The number of aliphatic hydroxyl groups is 1. The predicted molar refractivity (Wildman–Crippen MR) is 79.9 cm³/mol. The number of hydrogen-bond donors (Lipinski definition) is 2. The van der Waals surface area contributed by atoms with E-state index in [2.05, 4.69) is 44.8 Å². The molecule has 0 aliphatic carbocycles. The molecule has 0 aromatic rings. The van der Waals surface area contributed by atoms with Crippen molar-refractivity contribution in [3.63, 3.8) is 0 Å². The van der Waals surface area contributed by atoms with Crippen LogP contribution >= 0.6 is 0 Å². The molecule has 110 valence electrons. The van der Waals surface area contributed by atoms with Gasteiger partial charge in [-0.2, -0.15) is 0 Å². The maximum atomic E-state index is 9.10. The maximum Gasteiger partial charge on any atom is 0.0558 e. The van der Waals surface area contributed by atoms with Crippen molar-refractivity contribution in [3.8, 4) is 0 Å². The highest BCUT2D eigenvalue weighted by Crippen LogP contribution is 2.26. The Balaban J connectivity index is 4.38. The van der Waals surface area contributed by atoms with Gasteiger partial charge in [-0.3, -0.25) is 0 Å². The summed E-state index contributed by atoms with van der Waals surface area (Å²) < 4.78 is 0. The van der Waals surface area contributed by atoms with Crippen molar-refractivity contribution in [3.05, 3.63) is 0 Å². The van der Waals surface area contributed by atoms with Gasteiger partial charge in [0.05, 0.1) is 6.61 Å². The molecule has 0 saturated carbocycles. The highest BCUT2D eigenvalue weighted by molar-refractivity contribution is 4.83. The van der Waals surface area contributed by atoms with Gasteiger partial charge in [-0.15, -0.1) is 0 Å². The van der Waals surface area contributed by atoms with Crippen LogP contribution in [0.4, 0.5) is 0 Å². The Morgan fingerprint density at radius 3 is 2.17 bits per heavy atom. The summed E-state index contributed by atoms with van der Waals surface area (Å²) >= 11 is 0. The summed E-state index contributed by atoms with van der Waals surface area (Å²) in [5, 5.41) is 12.7. The van der Waals surface area contributed by atoms with Gasteiger partial charge in [0.2, 0.25) is 0 Å². The summed E-state index contributed by atoms with van der Waals surface area (Å²) in [5.74, 6) is 0.705. The third-order valence-corrected chi connectivity index (χ3v) is 3.98. The van der Waals surface area contributed by atoms with E-state index in [0.29, 0.717) is 11.3 Å². The zero-order valence-electron chi connectivity index (χ0n) is 13.1. The lowest BCUT2D eigenvalue weighted by Gasteiger charge is -2.37. The predicted octanol–water partition coefficient (Wildman–Crippen LogP) is 2.35. The molecule has 3 nitrogen and oxygen atoms in total. The van der Waals surface area contributed by atoms with Crippen molar-refractivity contribution in [2.45, 2.75) is 47.5 Å². The van der Waals surface area contributed by atoms with E-state index in [-0.39, 0.29) is 6.61 Å². The summed E-state index contributed by atoms with van der Waals surface area (Å²) in [6.07, 6.45) is 2.38. The van der Waals surface area contributed by atoms with Crippen LogP contribution in [0, 0.1) is 11.3 Å². The van der Waals surface area contributed by atoms with Crippen LogP contribution in [0.1, 0.15) is 47.5 Å². The lowest BCUT2D eigenvalue weighted by atomic mass is 9.81. The highest BCUT2D eigenvalue weighted by Gasteiger charge is 2.27. The molecule has 18 heavy (non-hydrogen) atoms. The van der Waals surface area contributed by atoms with Gasteiger partial charge in [0.1, 0.15) is 0 Å². The van der Waals surface area contributed by atoms with E-state index in [9.17, 15) is 0 Å². The third kappa shape index (κ3) is 6.72. The zero-order chi connectivity index (χ0) is 14.0. The highest BCUT2D eigenvalue weighted by atomic mass is 16.3. The van der Waals surface area contributed by atoms with E-state index in [1.54, 1.807) is 0 Å². The molecule has 0 radical (unpaired) electrons. The van der Waals surface area contributed by atoms with Gasteiger partial charge < -0.3 is 15.3 Å². The van der Waals surface area contributed by atoms with E-state index in [1.165, 1.54) is 12.8 Å². The zero-order valence-corrected chi connectivity index (χ0v) is 13.1. The molecule has 0 heterocycles. The summed E-state index contributed by atoms with van der Waals surface area (Å²) in [6, 6.07) is 0. The van der Waals surface area contributed by atoms with Crippen LogP contribution in [0.2, 0.25) is 0 Å². The molecule has 0 aliphatic heterocycles. The molecule has 0 saturated heterocycles. The summed E-state index contributed by atoms with van der Waals surface area (Å²) in [4.78, 5) is 2.37. The van der Waals surface area contributed by atoms with Gasteiger partial charge in [-0.25, -0.2) is 0 Å². The second-order valence-corrected chi connectivity index (χ2v) is 5.82. The Labute approximate surface area is 114 Å². The fourth-order valence-corrected chi connectivity index (χ4v) is 2.37. The average molecular weight is 258 g/mol. The van der Waals surface area contributed by atoms with Gasteiger partial charge in [0, 0.05) is 19.6 Å². The lowest BCUT2D eigenvalue weighted by Crippen LogP contribution is -2.45. The number of rotatable bonds is 11. The minimum Gasteiger partial charge on any atom is -0.395 e. The molecule has 3 heteroatoms. The molecule has 0 aliphatic rings. The lowest BCUT2D eigenvalue weighted by molar-refractivity contribution is 0.117. The molecule has 0 aromatic carbocycles. The molecule has 0 atom stereocenters. The van der Waals surface area contributed by atoms with Crippen molar-refractivity contribution >= 4 is 0 Å². The number of aliphatic hydroxyl groups excluding tert-OH is 1. The molecule has 0 bridgehead atoms. The van der Waals surface area contributed by atoms with Gasteiger partial charge in [-0.05, 0) is 37.3 Å². The van der Waals surface area contributed by atoms with Crippen LogP contribution in [-0.2, 0) is 0 Å². The molecule has 0 amide bonds. The summed E-state index contributed by atoms with van der Waals surface area (Å²) in [6.45, 7) is 16.6. The van der Waals surface area contributed by atoms with E-state index in [0.717, 1.165) is 32.7 Å². The summed E-state index contributed by atoms with van der Waals surface area (Å²) in [7, 11) is 0. The smallest absolute Gasteiger partial charge is 0.0558 e. The molecule has 0 aromatic heterocycles. The van der Waals surface area contributed by atoms with E-state index < -0.39 is 0 Å². The first-order valence-electron chi connectivity index (χ1n) is 7.57. The first kappa shape index (κ1) is 17.9. The van der Waals surface area contributed by atoms with Crippen LogP contribution in [0.3, 0.4) is 0 Å². The van der Waals surface area contributed by atoms with Crippen molar-refractivity contribution in [2.75, 3.05) is 39.3 Å². The molecular weight excluding hydrogens is 224 g/mol. The minimum atomic E-state index is 0.261. The Morgan fingerprint density at radius 1 is 1.17 bits per heavy atom. The Kier molecular flexibility index (Phi) is 9.70. The number of nitrogens with one attached hydrogen (secondary N) is 1. The molecule has 0 fully saturated rings. The van der Waals surface area contributed by atoms with Gasteiger partial charge in [-0.1, -0.05) is 34.6 Å². The fraction of sp³-hybridized carbons (Fsp3) is 1.00. The van der Waals surface area contributed by atoms with Crippen molar-refractivity contribution in [2.24, 2.45) is 11.3 Å². The van der Waals surface area contributed by atoms with E-state index in [1.807, 2.05) is 0 Å². The van der Waals surface area contributed by atoms with Crippen LogP contribution in [0.25, 0.3) is 0 Å². The first-order valence-corrected chi connectivity index (χ1v) is 7.57. The SMILES string of the molecule is CCN(CCO)CC(CC)(CC)CNCC(C)C. The largest absolute Gasteiger partial charge is 0.395 e. The maximum absolute atomic E-state index is 9.10.